The molecule has 2 heteroatoms. The molecule has 0 aromatic heterocycles. The molecule has 18 heavy (non-hydrogen) atoms. The lowest BCUT2D eigenvalue weighted by Gasteiger charge is -2.24. The monoisotopic (exact) mass is 257 g/mol. The molecule has 0 aromatic carbocycles. The van der Waals surface area contributed by atoms with Crippen LogP contribution in [0.3, 0.4) is 0 Å². The van der Waals surface area contributed by atoms with Crippen LogP contribution in [0.2, 0.25) is 0 Å². The molecule has 0 aliphatic heterocycles. The van der Waals surface area contributed by atoms with Crippen molar-refractivity contribution in [2.75, 3.05) is 13.2 Å². The summed E-state index contributed by atoms with van der Waals surface area (Å²) in [6.45, 7) is 13.0. The topological polar surface area (TPSA) is 21.3 Å². The third-order valence-electron chi connectivity index (χ3n) is 3.47. The van der Waals surface area contributed by atoms with Gasteiger partial charge in [-0.3, -0.25) is 0 Å². The van der Waals surface area contributed by atoms with E-state index in [4.69, 9.17) is 4.74 Å². The van der Waals surface area contributed by atoms with Crippen LogP contribution in [-0.4, -0.2) is 25.3 Å². The van der Waals surface area contributed by atoms with Gasteiger partial charge in [-0.2, -0.15) is 0 Å². The average molecular weight is 257 g/mol. The summed E-state index contributed by atoms with van der Waals surface area (Å²) in [6.07, 6.45) is 8.15. The Kier molecular flexibility index (Phi) is 11.9. The molecule has 110 valence electrons. The van der Waals surface area contributed by atoms with E-state index in [1.54, 1.807) is 0 Å². The Hall–Kier alpha value is -0.0800. The van der Waals surface area contributed by atoms with Gasteiger partial charge < -0.3 is 10.1 Å². The van der Waals surface area contributed by atoms with Crippen LogP contribution in [0.15, 0.2) is 0 Å². The summed E-state index contributed by atoms with van der Waals surface area (Å²) < 4.78 is 5.79. The average Bonchev–Trinajstić information content (AvgIpc) is 2.36. The molecule has 0 heterocycles. The van der Waals surface area contributed by atoms with Crippen LogP contribution < -0.4 is 5.32 Å². The van der Waals surface area contributed by atoms with Gasteiger partial charge in [-0.05, 0) is 39.2 Å². The summed E-state index contributed by atoms with van der Waals surface area (Å²) in [4.78, 5) is 0. The molecule has 1 N–H and O–H groups in total. The van der Waals surface area contributed by atoms with Crippen molar-refractivity contribution in [3.05, 3.63) is 0 Å². The third kappa shape index (κ3) is 9.90. The summed E-state index contributed by atoms with van der Waals surface area (Å²) in [5.41, 5.74) is 0. The minimum Gasteiger partial charge on any atom is -0.377 e. The Morgan fingerprint density at radius 3 is 2.28 bits per heavy atom. The fraction of sp³-hybridized carbons (Fsp3) is 1.00. The van der Waals surface area contributed by atoms with Gasteiger partial charge in [0.2, 0.25) is 0 Å². The molecule has 0 radical (unpaired) electrons. The van der Waals surface area contributed by atoms with Crippen molar-refractivity contribution in [3.8, 4) is 0 Å². The van der Waals surface area contributed by atoms with Gasteiger partial charge in [-0.1, -0.05) is 46.5 Å². The summed E-state index contributed by atoms with van der Waals surface area (Å²) in [7, 11) is 0. The minimum atomic E-state index is 0.339. The maximum Gasteiger partial charge on any atom is 0.0623 e. The third-order valence-corrected chi connectivity index (χ3v) is 3.47. The molecule has 2 nitrogen and oxygen atoms in total. The van der Waals surface area contributed by atoms with Gasteiger partial charge in [0.05, 0.1) is 12.7 Å². The van der Waals surface area contributed by atoms with E-state index in [0.717, 1.165) is 19.1 Å². The SMILES string of the molecule is CCCCC(CC)CC(COC(C)C)NCCC. The first-order valence-corrected chi connectivity index (χ1v) is 7.98. The zero-order valence-electron chi connectivity index (χ0n) is 13.3. The van der Waals surface area contributed by atoms with Crippen molar-refractivity contribution in [2.24, 2.45) is 5.92 Å². The Morgan fingerprint density at radius 2 is 1.78 bits per heavy atom. The highest BCUT2D eigenvalue weighted by atomic mass is 16.5. The van der Waals surface area contributed by atoms with Crippen molar-refractivity contribution in [3.63, 3.8) is 0 Å². The molecule has 0 aliphatic carbocycles. The van der Waals surface area contributed by atoms with Gasteiger partial charge in [0, 0.05) is 6.04 Å². The molecule has 0 saturated carbocycles. The Morgan fingerprint density at radius 1 is 1.06 bits per heavy atom. The first kappa shape index (κ1) is 17.9. The number of unbranched alkanes of at least 4 members (excludes halogenated alkanes) is 1. The molecule has 2 unspecified atom stereocenters. The van der Waals surface area contributed by atoms with Gasteiger partial charge in [0.1, 0.15) is 0 Å². The van der Waals surface area contributed by atoms with Gasteiger partial charge in [-0.15, -0.1) is 0 Å². The number of ether oxygens (including phenoxy) is 1. The number of hydrogen-bond donors (Lipinski definition) is 1. The first-order valence-electron chi connectivity index (χ1n) is 7.98. The van der Waals surface area contributed by atoms with Crippen LogP contribution in [0.25, 0.3) is 0 Å². The normalized spacial score (nSPS) is 15.0. The van der Waals surface area contributed by atoms with Gasteiger partial charge in [0.25, 0.3) is 0 Å². The number of nitrogens with one attached hydrogen (secondary N) is 1. The molecule has 0 saturated heterocycles. The molecule has 0 amide bonds. The molecule has 0 rings (SSSR count). The van der Waals surface area contributed by atoms with Gasteiger partial charge in [0.15, 0.2) is 0 Å². The zero-order valence-corrected chi connectivity index (χ0v) is 13.3. The van der Waals surface area contributed by atoms with E-state index in [0.29, 0.717) is 12.1 Å². The zero-order chi connectivity index (χ0) is 13.8. The van der Waals surface area contributed by atoms with Crippen LogP contribution >= 0.6 is 0 Å². The maximum absolute atomic E-state index is 5.79. The molecule has 0 fully saturated rings. The van der Waals surface area contributed by atoms with Crippen LogP contribution in [0.5, 0.6) is 0 Å². The minimum absolute atomic E-state index is 0.339. The molecule has 0 aliphatic rings. The predicted molar refractivity (Wildman–Crippen MR) is 81.1 cm³/mol. The second-order valence-corrected chi connectivity index (χ2v) is 5.69. The maximum atomic E-state index is 5.79. The van der Waals surface area contributed by atoms with E-state index in [-0.39, 0.29) is 0 Å². The van der Waals surface area contributed by atoms with E-state index in [2.05, 4.69) is 39.9 Å². The highest BCUT2D eigenvalue weighted by Crippen LogP contribution is 2.19. The first-order chi connectivity index (χ1) is 8.63. The second-order valence-electron chi connectivity index (χ2n) is 5.69. The molecular formula is C16H35NO. The van der Waals surface area contributed by atoms with Gasteiger partial charge in [-0.25, -0.2) is 0 Å². The van der Waals surface area contributed by atoms with E-state index in [9.17, 15) is 0 Å². The van der Waals surface area contributed by atoms with E-state index < -0.39 is 0 Å². The lowest BCUT2D eigenvalue weighted by molar-refractivity contribution is 0.0554. The van der Waals surface area contributed by atoms with Crippen LogP contribution in [-0.2, 0) is 4.74 Å². The van der Waals surface area contributed by atoms with E-state index >= 15 is 0 Å². The standard InChI is InChI=1S/C16H35NO/c1-6-9-10-15(8-3)12-16(17-11-7-2)13-18-14(4)5/h14-17H,6-13H2,1-5H3. The summed E-state index contributed by atoms with van der Waals surface area (Å²) in [5.74, 6) is 0.857. The molecule has 0 bridgehead atoms. The Bertz CT molecular complexity index is 170. The van der Waals surface area contributed by atoms with Crippen LogP contribution in [0.4, 0.5) is 0 Å². The lowest BCUT2D eigenvalue weighted by atomic mass is 9.92. The summed E-state index contributed by atoms with van der Waals surface area (Å²) >= 11 is 0. The number of rotatable bonds is 12. The van der Waals surface area contributed by atoms with Crippen LogP contribution in [0.1, 0.15) is 73.1 Å². The lowest BCUT2D eigenvalue weighted by Crippen LogP contribution is -2.36. The van der Waals surface area contributed by atoms with Crippen molar-refractivity contribution >= 4 is 0 Å². The van der Waals surface area contributed by atoms with E-state index in [1.165, 1.54) is 38.5 Å². The highest BCUT2D eigenvalue weighted by Gasteiger charge is 2.15. The fourth-order valence-electron chi connectivity index (χ4n) is 2.25. The van der Waals surface area contributed by atoms with Crippen molar-refractivity contribution in [2.45, 2.75) is 85.3 Å². The van der Waals surface area contributed by atoms with Gasteiger partial charge >= 0.3 is 0 Å². The number of hydrogen-bond acceptors (Lipinski definition) is 2. The molecule has 2 atom stereocenters. The van der Waals surface area contributed by atoms with Crippen molar-refractivity contribution in [1.29, 1.82) is 0 Å². The van der Waals surface area contributed by atoms with Crippen molar-refractivity contribution in [1.82, 2.24) is 5.32 Å². The molecular weight excluding hydrogens is 222 g/mol. The fourth-order valence-corrected chi connectivity index (χ4v) is 2.25. The second kappa shape index (κ2) is 12.0. The molecule has 0 spiro atoms. The predicted octanol–water partition coefficient (Wildman–Crippen LogP) is 4.39. The van der Waals surface area contributed by atoms with E-state index in [1.807, 2.05) is 0 Å². The Balaban J connectivity index is 4.07. The van der Waals surface area contributed by atoms with Crippen LogP contribution in [0, 0.1) is 5.92 Å². The largest absolute Gasteiger partial charge is 0.377 e. The smallest absolute Gasteiger partial charge is 0.0623 e. The quantitative estimate of drug-likeness (QED) is 0.560. The summed E-state index contributed by atoms with van der Waals surface area (Å²) in [6, 6.07) is 0.536. The molecule has 0 aromatic rings. The highest BCUT2D eigenvalue weighted by molar-refractivity contribution is 4.71. The Labute approximate surface area is 115 Å². The van der Waals surface area contributed by atoms with Crippen molar-refractivity contribution < 1.29 is 4.74 Å². The summed E-state index contributed by atoms with van der Waals surface area (Å²) in [5, 5.41) is 3.64.